The Labute approximate surface area is 151 Å². The summed E-state index contributed by atoms with van der Waals surface area (Å²) in [6.07, 6.45) is 0.264. The fraction of sp³-hybridized carbons (Fsp3) is 0.222. The molecular weight excluding hydrogens is 347 g/mol. The highest BCUT2D eigenvalue weighted by Gasteiger charge is 2.15. The van der Waals surface area contributed by atoms with Gasteiger partial charge in [0.25, 0.3) is 5.91 Å². The molecule has 0 atom stereocenters. The smallest absolute Gasteiger partial charge is 0.260 e. The molecule has 0 aliphatic rings. The van der Waals surface area contributed by atoms with Gasteiger partial charge in [0.15, 0.2) is 6.61 Å². The lowest BCUT2D eigenvalue weighted by Crippen LogP contribution is -2.35. The van der Waals surface area contributed by atoms with Gasteiger partial charge < -0.3 is 9.64 Å². The van der Waals surface area contributed by atoms with E-state index in [2.05, 4.69) is 6.07 Å². The normalized spacial score (nSPS) is 10.0. The van der Waals surface area contributed by atoms with Crippen LogP contribution in [0.15, 0.2) is 48.5 Å². The molecule has 0 N–H and O–H groups in total. The van der Waals surface area contributed by atoms with Gasteiger partial charge in [0.2, 0.25) is 0 Å². The summed E-state index contributed by atoms with van der Waals surface area (Å²) < 4.78 is 5.49. The van der Waals surface area contributed by atoms with Gasteiger partial charge >= 0.3 is 0 Å². The standard InChI is InChI=1S/C18H16Cl2N2O2/c19-15-7-8-17(16(20)11-15)24-13-18(23)22(10-4-9-21)12-14-5-2-1-3-6-14/h1-3,5-8,11H,4,10,12-13H2. The lowest BCUT2D eigenvalue weighted by atomic mass is 10.2. The summed E-state index contributed by atoms with van der Waals surface area (Å²) in [5, 5.41) is 9.63. The van der Waals surface area contributed by atoms with Gasteiger partial charge in [-0.15, -0.1) is 0 Å². The van der Waals surface area contributed by atoms with Crippen LogP contribution in [0.4, 0.5) is 0 Å². The molecule has 124 valence electrons. The van der Waals surface area contributed by atoms with E-state index in [0.717, 1.165) is 5.56 Å². The highest BCUT2D eigenvalue weighted by atomic mass is 35.5. The maximum absolute atomic E-state index is 12.4. The second-order valence-electron chi connectivity index (χ2n) is 5.07. The number of nitrogens with zero attached hydrogens (tertiary/aromatic N) is 2. The predicted molar refractivity (Wildman–Crippen MR) is 94.0 cm³/mol. The van der Waals surface area contributed by atoms with E-state index in [0.29, 0.717) is 28.9 Å². The Morgan fingerprint density at radius 1 is 1.17 bits per heavy atom. The zero-order chi connectivity index (χ0) is 17.4. The van der Waals surface area contributed by atoms with Gasteiger partial charge in [-0.2, -0.15) is 5.26 Å². The molecule has 0 bridgehead atoms. The van der Waals surface area contributed by atoms with E-state index < -0.39 is 0 Å². The van der Waals surface area contributed by atoms with Gasteiger partial charge in [0, 0.05) is 18.1 Å². The molecule has 2 rings (SSSR count). The molecule has 0 saturated carbocycles. The van der Waals surface area contributed by atoms with Crippen LogP contribution >= 0.6 is 23.2 Å². The molecule has 2 aromatic rings. The number of benzene rings is 2. The third-order valence-corrected chi connectivity index (χ3v) is 3.84. The van der Waals surface area contributed by atoms with E-state index in [1.807, 2.05) is 30.3 Å². The first-order valence-corrected chi connectivity index (χ1v) is 8.12. The number of hydrogen-bond acceptors (Lipinski definition) is 3. The number of halogens is 2. The summed E-state index contributed by atoms with van der Waals surface area (Å²) in [6.45, 7) is 0.626. The van der Waals surface area contributed by atoms with Crippen LogP contribution in [0.5, 0.6) is 5.75 Å². The number of ether oxygens (including phenoxy) is 1. The van der Waals surface area contributed by atoms with E-state index in [9.17, 15) is 4.79 Å². The zero-order valence-corrected chi connectivity index (χ0v) is 14.4. The second kappa shape index (κ2) is 9.17. The summed E-state index contributed by atoms with van der Waals surface area (Å²) in [6, 6.07) is 16.5. The van der Waals surface area contributed by atoms with Crippen LogP contribution in [0, 0.1) is 11.3 Å². The largest absolute Gasteiger partial charge is 0.482 e. The minimum Gasteiger partial charge on any atom is -0.482 e. The molecule has 0 heterocycles. The number of carbonyl (C=O) groups excluding carboxylic acids is 1. The Kier molecular flexibility index (Phi) is 6.92. The summed E-state index contributed by atoms with van der Waals surface area (Å²) in [5.41, 5.74) is 0.994. The summed E-state index contributed by atoms with van der Waals surface area (Å²) in [7, 11) is 0. The number of rotatable bonds is 7. The molecule has 0 fully saturated rings. The van der Waals surface area contributed by atoms with Crippen molar-refractivity contribution in [3.63, 3.8) is 0 Å². The van der Waals surface area contributed by atoms with Crippen molar-refractivity contribution < 1.29 is 9.53 Å². The zero-order valence-electron chi connectivity index (χ0n) is 12.9. The first-order valence-electron chi connectivity index (χ1n) is 7.36. The minimum atomic E-state index is -0.208. The van der Waals surface area contributed by atoms with Crippen LogP contribution in [0.3, 0.4) is 0 Å². The molecular formula is C18H16Cl2N2O2. The summed E-state index contributed by atoms with van der Waals surface area (Å²) in [5.74, 6) is 0.189. The van der Waals surface area contributed by atoms with Crippen molar-refractivity contribution >= 4 is 29.1 Å². The fourth-order valence-corrected chi connectivity index (χ4v) is 2.57. The molecule has 0 saturated heterocycles. The molecule has 4 nitrogen and oxygen atoms in total. The number of carbonyl (C=O) groups is 1. The van der Waals surface area contributed by atoms with Gasteiger partial charge in [-0.3, -0.25) is 4.79 Å². The van der Waals surface area contributed by atoms with Crippen molar-refractivity contribution in [2.24, 2.45) is 0 Å². The van der Waals surface area contributed by atoms with Gasteiger partial charge in [0.1, 0.15) is 5.75 Å². The van der Waals surface area contributed by atoms with E-state index in [4.69, 9.17) is 33.2 Å². The molecule has 1 amide bonds. The number of amides is 1. The monoisotopic (exact) mass is 362 g/mol. The molecule has 6 heteroatoms. The third-order valence-electron chi connectivity index (χ3n) is 3.31. The Morgan fingerprint density at radius 3 is 2.58 bits per heavy atom. The summed E-state index contributed by atoms with van der Waals surface area (Å²) in [4.78, 5) is 14.0. The number of hydrogen-bond donors (Lipinski definition) is 0. The predicted octanol–water partition coefficient (Wildman–Crippen LogP) is 4.31. The average Bonchev–Trinajstić information content (AvgIpc) is 2.58. The van der Waals surface area contributed by atoms with Crippen LogP contribution in [-0.2, 0) is 11.3 Å². The molecule has 0 aliphatic carbocycles. The third kappa shape index (κ3) is 5.45. The first-order chi connectivity index (χ1) is 11.6. The highest BCUT2D eigenvalue weighted by Crippen LogP contribution is 2.27. The average molecular weight is 363 g/mol. The molecule has 24 heavy (non-hydrogen) atoms. The first kappa shape index (κ1) is 18.1. The fourth-order valence-electron chi connectivity index (χ4n) is 2.10. The maximum atomic E-state index is 12.4. The topological polar surface area (TPSA) is 53.3 Å². The van der Waals surface area contributed by atoms with Gasteiger partial charge in [-0.05, 0) is 23.8 Å². The molecule has 0 aliphatic heterocycles. The second-order valence-corrected chi connectivity index (χ2v) is 5.92. The Morgan fingerprint density at radius 2 is 1.92 bits per heavy atom. The molecule has 0 spiro atoms. The van der Waals surface area contributed by atoms with Crippen LogP contribution in [0.25, 0.3) is 0 Å². The van der Waals surface area contributed by atoms with Crippen molar-refractivity contribution in [1.29, 1.82) is 5.26 Å². The van der Waals surface area contributed by atoms with Crippen LogP contribution in [-0.4, -0.2) is 24.0 Å². The highest BCUT2D eigenvalue weighted by molar-refractivity contribution is 6.35. The SMILES string of the molecule is N#CCCN(Cc1ccccc1)C(=O)COc1ccc(Cl)cc1Cl. The van der Waals surface area contributed by atoms with Crippen molar-refractivity contribution in [2.45, 2.75) is 13.0 Å². The number of nitriles is 1. The van der Waals surface area contributed by atoms with E-state index in [1.54, 1.807) is 23.1 Å². The van der Waals surface area contributed by atoms with Crippen molar-refractivity contribution in [3.8, 4) is 11.8 Å². The maximum Gasteiger partial charge on any atom is 0.260 e. The molecule has 0 unspecified atom stereocenters. The Balaban J connectivity index is 2.00. The van der Waals surface area contributed by atoms with Gasteiger partial charge in [0.05, 0.1) is 17.5 Å². The molecule has 2 aromatic carbocycles. The summed E-state index contributed by atoms with van der Waals surface area (Å²) >= 11 is 11.9. The quantitative estimate of drug-likeness (QED) is 0.736. The van der Waals surface area contributed by atoms with Crippen molar-refractivity contribution in [2.75, 3.05) is 13.2 Å². The van der Waals surface area contributed by atoms with E-state index >= 15 is 0 Å². The Hall–Kier alpha value is -2.22. The van der Waals surface area contributed by atoms with Crippen molar-refractivity contribution in [1.82, 2.24) is 4.90 Å². The van der Waals surface area contributed by atoms with Crippen LogP contribution in [0.2, 0.25) is 10.0 Å². The van der Waals surface area contributed by atoms with Crippen LogP contribution < -0.4 is 4.74 Å². The van der Waals surface area contributed by atoms with E-state index in [-0.39, 0.29) is 18.9 Å². The van der Waals surface area contributed by atoms with Crippen molar-refractivity contribution in [3.05, 3.63) is 64.1 Å². The lowest BCUT2D eigenvalue weighted by molar-refractivity contribution is -0.133. The van der Waals surface area contributed by atoms with Crippen LogP contribution in [0.1, 0.15) is 12.0 Å². The van der Waals surface area contributed by atoms with Gasteiger partial charge in [-0.1, -0.05) is 53.5 Å². The molecule has 0 aromatic heterocycles. The minimum absolute atomic E-state index is 0.153. The van der Waals surface area contributed by atoms with Gasteiger partial charge in [-0.25, -0.2) is 0 Å². The van der Waals surface area contributed by atoms with E-state index in [1.165, 1.54) is 0 Å². The lowest BCUT2D eigenvalue weighted by Gasteiger charge is -2.22. The Bertz CT molecular complexity index is 730. The molecule has 0 radical (unpaired) electrons.